The Bertz CT molecular complexity index is 638. The molecule has 1 atom stereocenters. The van der Waals surface area contributed by atoms with Crippen molar-refractivity contribution in [2.75, 3.05) is 5.32 Å². The van der Waals surface area contributed by atoms with Gasteiger partial charge in [0.05, 0.1) is 5.38 Å². The number of carbonyl (C=O) groups excluding carboxylic acids is 1. The highest BCUT2D eigenvalue weighted by molar-refractivity contribution is 6.21. The predicted octanol–water partition coefficient (Wildman–Crippen LogP) is 4.25. The third-order valence-corrected chi connectivity index (χ3v) is 3.33. The molecule has 0 fully saturated rings. The number of benzene rings is 2. The predicted molar refractivity (Wildman–Crippen MR) is 81.5 cm³/mol. The van der Waals surface area contributed by atoms with Gasteiger partial charge in [0.1, 0.15) is 5.75 Å². The van der Waals surface area contributed by atoms with Crippen molar-refractivity contribution < 1.29 is 9.90 Å². The molecule has 3 nitrogen and oxygen atoms in total. The van der Waals surface area contributed by atoms with Gasteiger partial charge in [-0.1, -0.05) is 18.2 Å². The highest BCUT2D eigenvalue weighted by Crippen LogP contribution is 2.27. The molecule has 0 aromatic heterocycles. The molecule has 2 aromatic rings. The summed E-state index contributed by atoms with van der Waals surface area (Å²) in [4.78, 5) is 12.2. The molecule has 20 heavy (non-hydrogen) atoms. The fraction of sp³-hybridized carbons (Fsp3) is 0.188. The zero-order valence-electron chi connectivity index (χ0n) is 11.4. The van der Waals surface area contributed by atoms with Crippen LogP contribution in [0.25, 0.3) is 0 Å². The van der Waals surface area contributed by atoms with Crippen LogP contribution in [0, 0.1) is 6.92 Å². The molecule has 0 bridgehead atoms. The Hall–Kier alpha value is -2.00. The summed E-state index contributed by atoms with van der Waals surface area (Å²) in [5, 5.41) is 12.1. The lowest BCUT2D eigenvalue weighted by Crippen LogP contribution is -2.13. The number of para-hydroxylation sites is 1. The van der Waals surface area contributed by atoms with Gasteiger partial charge >= 0.3 is 0 Å². The summed E-state index contributed by atoms with van der Waals surface area (Å²) in [5.74, 6) is -0.0470. The first-order valence-electron chi connectivity index (χ1n) is 6.33. The molecule has 4 heteroatoms. The third kappa shape index (κ3) is 3.11. The van der Waals surface area contributed by atoms with E-state index in [-0.39, 0.29) is 17.0 Å². The fourth-order valence-corrected chi connectivity index (χ4v) is 2.14. The fourth-order valence-electron chi connectivity index (χ4n) is 1.95. The summed E-state index contributed by atoms with van der Waals surface area (Å²) in [6.45, 7) is 3.61. The summed E-state index contributed by atoms with van der Waals surface area (Å²) in [6.07, 6.45) is 0. The van der Waals surface area contributed by atoms with Crippen LogP contribution in [0.3, 0.4) is 0 Å². The number of aromatic hydroxyl groups is 1. The zero-order chi connectivity index (χ0) is 14.7. The van der Waals surface area contributed by atoms with Gasteiger partial charge < -0.3 is 10.4 Å². The SMILES string of the molecule is Cc1cc(C(=O)Nc2ccccc2C(C)Cl)ccc1O. The van der Waals surface area contributed by atoms with Gasteiger partial charge in [0.15, 0.2) is 0 Å². The van der Waals surface area contributed by atoms with Gasteiger partial charge in [0.2, 0.25) is 0 Å². The van der Waals surface area contributed by atoms with Crippen LogP contribution in [-0.4, -0.2) is 11.0 Å². The number of halogens is 1. The Morgan fingerprint density at radius 1 is 1.25 bits per heavy atom. The lowest BCUT2D eigenvalue weighted by atomic mass is 10.1. The Balaban J connectivity index is 2.26. The minimum absolute atomic E-state index is 0.177. The summed E-state index contributed by atoms with van der Waals surface area (Å²) in [7, 11) is 0. The average molecular weight is 290 g/mol. The van der Waals surface area contributed by atoms with Crippen LogP contribution in [0.2, 0.25) is 0 Å². The molecule has 1 amide bonds. The van der Waals surface area contributed by atoms with Crippen LogP contribution in [0.4, 0.5) is 5.69 Å². The maximum atomic E-state index is 12.2. The van der Waals surface area contributed by atoms with E-state index in [9.17, 15) is 9.90 Å². The molecule has 2 aromatic carbocycles. The van der Waals surface area contributed by atoms with Crippen molar-refractivity contribution in [1.29, 1.82) is 0 Å². The summed E-state index contributed by atoms with van der Waals surface area (Å²) >= 11 is 6.10. The number of alkyl halides is 1. The number of amides is 1. The number of hydrogen-bond donors (Lipinski definition) is 2. The molecular weight excluding hydrogens is 274 g/mol. The van der Waals surface area contributed by atoms with Crippen LogP contribution in [-0.2, 0) is 0 Å². The average Bonchev–Trinajstić information content (AvgIpc) is 2.42. The topological polar surface area (TPSA) is 49.3 Å². The molecule has 0 aliphatic carbocycles. The number of carbonyl (C=O) groups is 1. The van der Waals surface area contributed by atoms with E-state index in [4.69, 9.17) is 11.6 Å². The zero-order valence-corrected chi connectivity index (χ0v) is 12.1. The van der Waals surface area contributed by atoms with E-state index >= 15 is 0 Å². The molecule has 0 spiro atoms. The number of phenolic OH excluding ortho intramolecular Hbond substituents is 1. The Kier molecular flexibility index (Phi) is 4.30. The van der Waals surface area contributed by atoms with E-state index in [1.807, 2.05) is 31.2 Å². The Morgan fingerprint density at radius 2 is 1.95 bits per heavy atom. The summed E-state index contributed by atoms with van der Waals surface area (Å²) in [6, 6.07) is 12.2. The maximum Gasteiger partial charge on any atom is 0.255 e. The van der Waals surface area contributed by atoms with Crippen molar-refractivity contribution >= 4 is 23.2 Å². The number of hydrogen-bond acceptors (Lipinski definition) is 2. The molecule has 0 radical (unpaired) electrons. The van der Waals surface area contributed by atoms with E-state index in [0.29, 0.717) is 16.8 Å². The van der Waals surface area contributed by atoms with Crippen molar-refractivity contribution in [1.82, 2.24) is 0 Å². The van der Waals surface area contributed by atoms with Crippen LogP contribution in [0.1, 0.15) is 33.8 Å². The van der Waals surface area contributed by atoms with Gasteiger partial charge in [-0.15, -0.1) is 11.6 Å². The summed E-state index contributed by atoms with van der Waals surface area (Å²) < 4.78 is 0. The number of anilines is 1. The largest absolute Gasteiger partial charge is 0.508 e. The van der Waals surface area contributed by atoms with Crippen molar-refractivity contribution in [2.45, 2.75) is 19.2 Å². The molecular formula is C16H16ClNO2. The van der Waals surface area contributed by atoms with Crippen LogP contribution in [0.5, 0.6) is 5.75 Å². The third-order valence-electron chi connectivity index (χ3n) is 3.10. The molecule has 0 heterocycles. The first-order valence-corrected chi connectivity index (χ1v) is 6.76. The second-order valence-corrected chi connectivity index (χ2v) is 5.31. The lowest BCUT2D eigenvalue weighted by Gasteiger charge is -2.13. The van der Waals surface area contributed by atoms with Gasteiger partial charge in [-0.2, -0.15) is 0 Å². The van der Waals surface area contributed by atoms with Crippen molar-refractivity contribution in [2.24, 2.45) is 0 Å². The number of phenols is 1. The van der Waals surface area contributed by atoms with Crippen molar-refractivity contribution in [3.05, 3.63) is 59.2 Å². The van der Waals surface area contributed by atoms with Crippen LogP contribution >= 0.6 is 11.6 Å². The van der Waals surface area contributed by atoms with E-state index in [1.54, 1.807) is 19.1 Å². The van der Waals surface area contributed by atoms with Crippen molar-refractivity contribution in [3.63, 3.8) is 0 Å². The molecule has 2 rings (SSSR count). The van der Waals surface area contributed by atoms with Gasteiger partial charge in [-0.05, 0) is 49.2 Å². The monoisotopic (exact) mass is 289 g/mol. The van der Waals surface area contributed by atoms with Gasteiger partial charge in [-0.3, -0.25) is 4.79 Å². The lowest BCUT2D eigenvalue weighted by molar-refractivity contribution is 0.102. The second-order valence-electron chi connectivity index (χ2n) is 4.66. The van der Waals surface area contributed by atoms with Crippen LogP contribution < -0.4 is 5.32 Å². The van der Waals surface area contributed by atoms with E-state index < -0.39 is 0 Å². The molecule has 0 saturated heterocycles. The first kappa shape index (κ1) is 14.4. The second kappa shape index (κ2) is 5.97. The molecule has 0 aliphatic rings. The molecule has 1 unspecified atom stereocenters. The first-order chi connectivity index (χ1) is 9.49. The minimum atomic E-state index is -0.224. The molecule has 2 N–H and O–H groups in total. The number of nitrogens with one attached hydrogen (secondary N) is 1. The highest BCUT2D eigenvalue weighted by Gasteiger charge is 2.12. The van der Waals surface area contributed by atoms with Gasteiger partial charge in [-0.25, -0.2) is 0 Å². The smallest absolute Gasteiger partial charge is 0.255 e. The highest BCUT2D eigenvalue weighted by atomic mass is 35.5. The number of aryl methyl sites for hydroxylation is 1. The maximum absolute atomic E-state index is 12.2. The molecule has 0 saturated carbocycles. The number of rotatable bonds is 3. The molecule has 0 aliphatic heterocycles. The standard InChI is InChI=1S/C16H16ClNO2/c1-10-9-12(7-8-15(10)19)16(20)18-14-6-4-3-5-13(14)11(2)17/h3-9,11,19H,1-2H3,(H,18,20). The normalized spacial score (nSPS) is 11.9. The van der Waals surface area contributed by atoms with Gasteiger partial charge in [0.25, 0.3) is 5.91 Å². The van der Waals surface area contributed by atoms with Crippen LogP contribution in [0.15, 0.2) is 42.5 Å². The Morgan fingerprint density at radius 3 is 2.60 bits per heavy atom. The van der Waals surface area contributed by atoms with Crippen molar-refractivity contribution in [3.8, 4) is 5.75 Å². The quantitative estimate of drug-likeness (QED) is 0.830. The van der Waals surface area contributed by atoms with E-state index in [0.717, 1.165) is 5.56 Å². The molecule has 104 valence electrons. The van der Waals surface area contributed by atoms with Gasteiger partial charge in [0, 0.05) is 11.3 Å². The minimum Gasteiger partial charge on any atom is -0.508 e. The van der Waals surface area contributed by atoms with E-state index in [2.05, 4.69) is 5.32 Å². The van der Waals surface area contributed by atoms with E-state index in [1.165, 1.54) is 6.07 Å². The Labute approximate surface area is 123 Å². The summed E-state index contributed by atoms with van der Waals surface area (Å²) in [5.41, 5.74) is 2.73.